The first-order valence-electron chi connectivity index (χ1n) is 17.0. The van der Waals surface area contributed by atoms with E-state index in [1.807, 2.05) is 21.1 Å². The SMILES string of the molecule is CCCC/C=C\CCCCCCCC(=O)NC(COP(=O)([O-])OCC[N+](C)(C)C)C(O)CCCCCCCCCCC. The van der Waals surface area contributed by atoms with Crippen molar-refractivity contribution in [1.29, 1.82) is 0 Å². The number of unbranched alkanes of at least 4 members (excludes halogenated alkanes) is 15. The summed E-state index contributed by atoms with van der Waals surface area (Å²) in [5.74, 6) is -0.180. The van der Waals surface area contributed by atoms with Gasteiger partial charge < -0.3 is 28.8 Å². The van der Waals surface area contributed by atoms with Crippen molar-refractivity contribution in [3.8, 4) is 0 Å². The van der Waals surface area contributed by atoms with Gasteiger partial charge in [0, 0.05) is 6.42 Å². The minimum atomic E-state index is -4.54. The Bertz CT molecular complexity index is 713. The average Bonchev–Trinajstić information content (AvgIpc) is 2.92. The highest BCUT2D eigenvalue weighted by Crippen LogP contribution is 2.38. The highest BCUT2D eigenvalue weighted by atomic mass is 31.2. The molecule has 250 valence electrons. The summed E-state index contributed by atoms with van der Waals surface area (Å²) in [6.45, 7) is 4.61. The maximum atomic E-state index is 12.7. The van der Waals surface area contributed by atoms with Gasteiger partial charge in [-0.05, 0) is 32.1 Å². The molecule has 0 aromatic rings. The van der Waals surface area contributed by atoms with E-state index in [9.17, 15) is 19.4 Å². The van der Waals surface area contributed by atoms with Crippen LogP contribution in [-0.2, 0) is 18.4 Å². The molecule has 0 saturated heterocycles. The van der Waals surface area contributed by atoms with Gasteiger partial charge in [0.05, 0.1) is 39.9 Å². The van der Waals surface area contributed by atoms with Crippen molar-refractivity contribution in [3.05, 3.63) is 12.2 Å². The number of rotatable bonds is 30. The fraction of sp³-hybridized carbons (Fsp3) is 0.909. The highest BCUT2D eigenvalue weighted by Gasteiger charge is 2.24. The van der Waals surface area contributed by atoms with Gasteiger partial charge in [0.15, 0.2) is 0 Å². The Labute approximate surface area is 259 Å². The molecule has 0 rings (SSSR count). The van der Waals surface area contributed by atoms with Gasteiger partial charge in [-0.1, -0.05) is 116 Å². The third kappa shape index (κ3) is 28.0. The Morgan fingerprint density at radius 2 is 1.33 bits per heavy atom. The maximum Gasteiger partial charge on any atom is 0.268 e. The summed E-state index contributed by atoms with van der Waals surface area (Å²) in [6.07, 6.45) is 25.0. The van der Waals surface area contributed by atoms with E-state index < -0.39 is 20.0 Å². The van der Waals surface area contributed by atoms with E-state index in [2.05, 4.69) is 31.3 Å². The molecule has 3 unspecified atom stereocenters. The summed E-state index contributed by atoms with van der Waals surface area (Å²) in [5, 5.41) is 13.7. The van der Waals surface area contributed by atoms with E-state index in [1.54, 1.807) is 0 Å². The number of phosphoric acid groups is 1. The second kappa shape index (κ2) is 26.6. The first-order valence-corrected chi connectivity index (χ1v) is 18.5. The minimum Gasteiger partial charge on any atom is -0.756 e. The van der Waals surface area contributed by atoms with Crippen LogP contribution < -0.4 is 10.2 Å². The molecular weight excluding hydrogens is 551 g/mol. The fourth-order valence-corrected chi connectivity index (χ4v) is 5.39. The summed E-state index contributed by atoms with van der Waals surface area (Å²) in [6, 6.07) is -0.796. The number of phosphoric ester groups is 1. The first-order chi connectivity index (χ1) is 20.0. The van der Waals surface area contributed by atoms with Crippen molar-refractivity contribution < 1.29 is 32.9 Å². The Morgan fingerprint density at radius 1 is 0.810 bits per heavy atom. The van der Waals surface area contributed by atoms with Crippen LogP contribution in [0.1, 0.15) is 142 Å². The van der Waals surface area contributed by atoms with E-state index in [1.165, 1.54) is 64.2 Å². The summed E-state index contributed by atoms with van der Waals surface area (Å²) < 4.78 is 23.0. The number of nitrogens with zero attached hydrogens (tertiary/aromatic N) is 1. The maximum absolute atomic E-state index is 12.7. The quantitative estimate of drug-likeness (QED) is 0.0375. The number of carbonyl (C=O) groups excluding carboxylic acids is 1. The molecule has 0 saturated carbocycles. The number of nitrogens with one attached hydrogen (secondary N) is 1. The number of likely N-dealkylation sites (N-methyl/N-ethyl adjacent to an activating group) is 1. The van der Waals surface area contributed by atoms with Gasteiger partial charge in [0.2, 0.25) is 5.91 Å². The van der Waals surface area contributed by atoms with Gasteiger partial charge in [-0.15, -0.1) is 0 Å². The molecule has 0 spiro atoms. The minimum absolute atomic E-state index is 0.0114. The first kappa shape index (κ1) is 41.2. The molecule has 8 nitrogen and oxygen atoms in total. The monoisotopic (exact) mass is 618 g/mol. The highest BCUT2D eigenvalue weighted by molar-refractivity contribution is 7.45. The van der Waals surface area contributed by atoms with Crippen LogP contribution in [0.5, 0.6) is 0 Å². The van der Waals surface area contributed by atoms with Crippen molar-refractivity contribution in [2.45, 2.75) is 154 Å². The number of amides is 1. The van der Waals surface area contributed by atoms with Crippen molar-refractivity contribution in [2.24, 2.45) is 0 Å². The van der Waals surface area contributed by atoms with Gasteiger partial charge in [-0.3, -0.25) is 9.36 Å². The smallest absolute Gasteiger partial charge is 0.268 e. The van der Waals surface area contributed by atoms with Crippen molar-refractivity contribution in [3.63, 3.8) is 0 Å². The second-order valence-electron chi connectivity index (χ2n) is 12.9. The number of aliphatic hydroxyl groups is 1. The van der Waals surface area contributed by atoms with Crippen LogP contribution in [0.2, 0.25) is 0 Å². The number of aliphatic hydroxyl groups excluding tert-OH is 1. The van der Waals surface area contributed by atoms with Gasteiger partial charge in [-0.2, -0.15) is 0 Å². The Hall–Kier alpha value is -0.760. The Morgan fingerprint density at radius 3 is 1.93 bits per heavy atom. The Balaban J connectivity index is 4.55. The van der Waals surface area contributed by atoms with E-state index in [0.717, 1.165) is 51.4 Å². The second-order valence-corrected chi connectivity index (χ2v) is 14.3. The molecule has 9 heteroatoms. The fourth-order valence-electron chi connectivity index (χ4n) is 4.66. The lowest BCUT2D eigenvalue weighted by atomic mass is 10.0. The molecule has 1 amide bonds. The molecule has 0 bridgehead atoms. The largest absolute Gasteiger partial charge is 0.756 e. The lowest BCUT2D eigenvalue weighted by Crippen LogP contribution is -2.46. The zero-order chi connectivity index (χ0) is 31.5. The van der Waals surface area contributed by atoms with Gasteiger partial charge in [-0.25, -0.2) is 0 Å². The number of carbonyl (C=O) groups is 1. The van der Waals surface area contributed by atoms with Crippen molar-refractivity contribution in [2.75, 3.05) is 40.9 Å². The van der Waals surface area contributed by atoms with Crippen LogP contribution in [0.25, 0.3) is 0 Å². The zero-order valence-electron chi connectivity index (χ0n) is 28.0. The summed E-state index contributed by atoms with van der Waals surface area (Å²) >= 11 is 0. The molecule has 0 heterocycles. The number of allylic oxidation sites excluding steroid dienone is 2. The average molecular weight is 619 g/mol. The van der Waals surface area contributed by atoms with Gasteiger partial charge in [0.25, 0.3) is 7.82 Å². The van der Waals surface area contributed by atoms with Gasteiger partial charge in [0.1, 0.15) is 13.2 Å². The molecule has 42 heavy (non-hydrogen) atoms. The molecule has 0 aromatic carbocycles. The van der Waals surface area contributed by atoms with E-state index in [4.69, 9.17) is 9.05 Å². The lowest BCUT2D eigenvalue weighted by Gasteiger charge is -2.30. The normalized spacial score (nSPS) is 15.1. The van der Waals surface area contributed by atoms with E-state index in [-0.39, 0.29) is 19.1 Å². The molecule has 3 atom stereocenters. The molecule has 0 radical (unpaired) electrons. The number of quaternary nitrogens is 1. The van der Waals surface area contributed by atoms with Crippen LogP contribution in [0.3, 0.4) is 0 Å². The van der Waals surface area contributed by atoms with E-state index >= 15 is 0 Å². The standard InChI is InChI=1S/C33H67N2O6P/c1-6-8-10-12-14-16-17-19-21-23-25-27-33(37)34-31(30-41-42(38,39)40-29-28-35(3,4)5)32(36)26-24-22-20-18-15-13-11-9-7-2/h12,14,31-32,36H,6-11,13,15-30H2,1-5H3,(H-,34,37,38,39)/b14-12-. The summed E-state index contributed by atoms with van der Waals surface area (Å²) in [5.41, 5.74) is 0. The molecule has 0 aromatic heterocycles. The van der Waals surface area contributed by atoms with Crippen LogP contribution in [0, 0.1) is 0 Å². The van der Waals surface area contributed by atoms with Crippen molar-refractivity contribution >= 4 is 13.7 Å². The van der Waals surface area contributed by atoms with Gasteiger partial charge >= 0.3 is 0 Å². The molecular formula is C33H67N2O6P. The zero-order valence-corrected chi connectivity index (χ0v) is 28.9. The molecule has 0 aliphatic heterocycles. The van der Waals surface area contributed by atoms with Crippen LogP contribution >= 0.6 is 7.82 Å². The third-order valence-corrected chi connectivity index (χ3v) is 8.47. The van der Waals surface area contributed by atoms with Crippen LogP contribution in [0.15, 0.2) is 12.2 Å². The van der Waals surface area contributed by atoms with Crippen LogP contribution in [0.4, 0.5) is 0 Å². The predicted octanol–water partition coefficient (Wildman–Crippen LogP) is 7.44. The lowest BCUT2D eigenvalue weighted by molar-refractivity contribution is -0.870. The molecule has 0 aliphatic rings. The molecule has 2 N–H and O–H groups in total. The topological polar surface area (TPSA) is 108 Å². The van der Waals surface area contributed by atoms with Crippen molar-refractivity contribution in [1.82, 2.24) is 5.32 Å². The summed E-state index contributed by atoms with van der Waals surface area (Å²) in [4.78, 5) is 25.0. The number of hydrogen-bond acceptors (Lipinski definition) is 6. The third-order valence-electron chi connectivity index (χ3n) is 7.50. The van der Waals surface area contributed by atoms with Crippen LogP contribution in [-0.4, -0.2) is 68.5 Å². The Kier molecular flexibility index (Phi) is 26.1. The summed E-state index contributed by atoms with van der Waals surface area (Å²) in [7, 11) is 1.29. The number of hydrogen-bond donors (Lipinski definition) is 2. The molecule has 0 fully saturated rings. The van der Waals surface area contributed by atoms with E-state index in [0.29, 0.717) is 23.9 Å². The predicted molar refractivity (Wildman–Crippen MR) is 173 cm³/mol. The molecule has 0 aliphatic carbocycles.